The molecule has 1 aliphatic rings. The number of hydrogen-bond donors (Lipinski definition) is 5. The minimum absolute atomic E-state index is 0.00150. The maximum Gasteiger partial charge on any atom is 0.413 e. The van der Waals surface area contributed by atoms with Crippen molar-refractivity contribution in [2.75, 3.05) is 32.1 Å². The molecule has 0 bridgehead atoms. The Morgan fingerprint density at radius 2 is 1.85 bits per heavy atom. The van der Waals surface area contributed by atoms with Crippen LogP contribution in [-0.2, 0) is 30.8 Å². The maximum atomic E-state index is 14.0. The van der Waals surface area contributed by atoms with Crippen molar-refractivity contribution in [1.82, 2.24) is 25.2 Å². The van der Waals surface area contributed by atoms with Crippen molar-refractivity contribution in [2.24, 2.45) is 5.92 Å². The molecule has 2 heterocycles. The van der Waals surface area contributed by atoms with Crippen LogP contribution < -0.4 is 21.3 Å². The number of nitrogens with zero attached hydrogens (tertiary/aromatic N) is 2. The molecule has 4 atom stereocenters. The Bertz CT molecular complexity index is 1610. The third kappa shape index (κ3) is 9.22. The van der Waals surface area contributed by atoms with Crippen molar-refractivity contribution < 1.29 is 32.6 Å². The molecule has 4 rings (SSSR count). The number of carbonyl (C=O) groups excluding carboxylic acids is 3. The summed E-state index contributed by atoms with van der Waals surface area (Å²) in [5, 5.41) is 23.0. The molecule has 1 fully saturated rings. The zero-order valence-electron chi connectivity index (χ0n) is 26.4. The number of carbonyl (C=O) groups is 3. The molecule has 5 N–H and O–H groups in total. The number of ether oxygens (including phenoxy) is 1. The molecule has 1 saturated heterocycles. The Balaban J connectivity index is 1.55. The second kappa shape index (κ2) is 15.8. The predicted octanol–water partition coefficient (Wildman–Crippen LogP) is 2.47. The number of benzene rings is 2. The number of thiazole rings is 1. The molecule has 1 unspecified atom stereocenters. The summed E-state index contributed by atoms with van der Waals surface area (Å²) in [6, 6.07) is 11.6. The van der Waals surface area contributed by atoms with Crippen molar-refractivity contribution in [2.45, 2.75) is 69.2 Å². The first kappa shape index (κ1) is 35.2. The van der Waals surface area contributed by atoms with Crippen LogP contribution in [0.3, 0.4) is 0 Å². The summed E-state index contributed by atoms with van der Waals surface area (Å²) in [6.07, 6.45) is -0.177. The summed E-state index contributed by atoms with van der Waals surface area (Å²) >= 11 is 1.10. The lowest BCUT2D eigenvalue weighted by molar-refractivity contribution is -0.130. The minimum atomic E-state index is -4.11. The van der Waals surface area contributed by atoms with Gasteiger partial charge in [-0.15, -0.1) is 0 Å². The lowest BCUT2D eigenvalue weighted by atomic mass is 10.0. The number of rotatable bonds is 14. The number of fused-ring (bicyclic) bond motifs is 1. The van der Waals surface area contributed by atoms with Crippen LogP contribution in [0.2, 0.25) is 0 Å². The van der Waals surface area contributed by atoms with Crippen LogP contribution in [0.1, 0.15) is 39.2 Å². The number of aliphatic hydroxyl groups excluding tert-OH is 1. The van der Waals surface area contributed by atoms with Gasteiger partial charge in [-0.2, -0.15) is 4.31 Å². The van der Waals surface area contributed by atoms with E-state index in [1.807, 2.05) is 44.2 Å². The first-order valence-corrected chi connectivity index (χ1v) is 17.4. The highest BCUT2D eigenvalue weighted by molar-refractivity contribution is 7.89. The molecule has 2 aromatic carbocycles. The van der Waals surface area contributed by atoms with Gasteiger partial charge in [-0.25, -0.2) is 18.2 Å². The second-order valence-corrected chi connectivity index (χ2v) is 14.7. The monoisotopic (exact) mass is 674 g/mol. The summed E-state index contributed by atoms with van der Waals surface area (Å²) in [6.45, 7) is 5.89. The smallest absolute Gasteiger partial charge is 0.413 e. The normalized spacial score (nSPS) is 17.1. The minimum Gasteiger partial charge on any atom is -0.453 e. The molecule has 0 spiro atoms. The van der Waals surface area contributed by atoms with Gasteiger partial charge in [-0.05, 0) is 62.4 Å². The number of anilines is 1. The van der Waals surface area contributed by atoms with Crippen molar-refractivity contribution in [3.05, 3.63) is 54.1 Å². The van der Waals surface area contributed by atoms with Gasteiger partial charge in [-0.3, -0.25) is 14.9 Å². The third-order valence-corrected chi connectivity index (χ3v) is 10.3. The number of hydrogen-bond acceptors (Lipinski definition) is 10. The van der Waals surface area contributed by atoms with Crippen molar-refractivity contribution >= 4 is 54.6 Å². The lowest BCUT2D eigenvalue weighted by Crippen LogP contribution is -2.56. The molecule has 0 radical (unpaired) electrons. The summed E-state index contributed by atoms with van der Waals surface area (Å²) in [7, 11) is -2.88. The fourth-order valence-corrected chi connectivity index (χ4v) is 7.78. The maximum absolute atomic E-state index is 14.0. The molecular formula is C31H42N6O7S2. The topological polar surface area (TPSA) is 179 Å². The average molecular weight is 675 g/mol. The lowest BCUT2D eigenvalue weighted by Gasteiger charge is -2.31. The highest BCUT2D eigenvalue weighted by Gasteiger charge is 2.33. The van der Waals surface area contributed by atoms with E-state index in [0.717, 1.165) is 29.9 Å². The van der Waals surface area contributed by atoms with E-state index < -0.39 is 40.2 Å². The van der Waals surface area contributed by atoms with E-state index >= 15 is 0 Å². The first-order chi connectivity index (χ1) is 21.9. The fraction of sp³-hybridized carbons (Fsp3) is 0.484. The molecular weight excluding hydrogens is 633 g/mol. The molecule has 13 nitrogen and oxygen atoms in total. The van der Waals surface area contributed by atoms with Crippen molar-refractivity contribution in [3.63, 3.8) is 0 Å². The highest BCUT2D eigenvalue weighted by atomic mass is 32.2. The second-order valence-electron chi connectivity index (χ2n) is 11.7. The standard InChI is InChI=1S/C31H42N6O7S2/c1-19(2)17-37(46(42,43)22-12-13-23-27(16-22)45-30(35-23)36-31(41)44-4)18-26(38)25(15-21-9-6-5-7-10-21)34-28(39)20(3)33-29(40)24-11-8-14-32-24/h5-7,9-10,12-13,16,19-20,24-26,32,38H,8,11,14-15,17-18H2,1-4H3,(H,33,40)(H,34,39)(H,35,36,41)/t20-,24-,25-,26?/m0/s1. The van der Waals surface area contributed by atoms with E-state index in [1.54, 1.807) is 13.0 Å². The molecule has 3 aromatic rings. The average Bonchev–Trinajstić information content (AvgIpc) is 3.70. The molecule has 46 heavy (non-hydrogen) atoms. The SMILES string of the molecule is COC(=O)Nc1nc2ccc(S(=O)(=O)N(CC(C)C)CC(O)[C@H](Cc3ccccc3)NC(=O)[C@H](C)NC(=O)[C@@H]3CCCN3)cc2s1. The van der Waals surface area contributed by atoms with Gasteiger partial charge in [0.05, 0.1) is 40.4 Å². The summed E-state index contributed by atoms with van der Waals surface area (Å²) in [5.74, 6) is -0.830. The Morgan fingerprint density at radius 3 is 2.50 bits per heavy atom. The molecule has 3 amide bonds. The van der Waals surface area contributed by atoms with E-state index in [0.29, 0.717) is 16.6 Å². The van der Waals surface area contributed by atoms with Crippen LogP contribution >= 0.6 is 11.3 Å². The van der Waals surface area contributed by atoms with Gasteiger partial charge in [0.1, 0.15) is 6.04 Å². The highest BCUT2D eigenvalue weighted by Crippen LogP contribution is 2.30. The number of amides is 3. The van der Waals surface area contributed by atoms with Gasteiger partial charge >= 0.3 is 6.09 Å². The van der Waals surface area contributed by atoms with E-state index in [1.165, 1.54) is 23.5 Å². The van der Waals surface area contributed by atoms with Crippen LogP contribution in [-0.4, -0.2) is 91.7 Å². The number of nitrogens with one attached hydrogen (secondary N) is 4. The number of methoxy groups -OCH3 is 1. The largest absolute Gasteiger partial charge is 0.453 e. The Labute approximate surface area is 273 Å². The van der Waals surface area contributed by atoms with Crippen LogP contribution in [0.15, 0.2) is 53.4 Å². The predicted molar refractivity (Wildman–Crippen MR) is 176 cm³/mol. The summed E-state index contributed by atoms with van der Waals surface area (Å²) < 4.78 is 34.4. The third-order valence-electron chi connectivity index (χ3n) is 7.57. The molecule has 1 aromatic heterocycles. The van der Waals surface area contributed by atoms with Gasteiger partial charge in [-0.1, -0.05) is 55.5 Å². The summed E-state index contributed by atoms with van der Waals surface area (Å²) in [5.41, 5.74) is 1.34. The molecule has 1 aliphatic heterocycles. The number of aliphatic hydroxyl groups is 1. The molecule has 250 valence electrons. The Morgan fingerprint density at radius 1 is 1.11 bits per heavy atom. The van der Waals surface area contributed by atoms with Gasteiger partial charge in [0.2, 0.25) is 21.8 Å². The zero-order chi connectivity index (χ0) is 33.4. The zero-order valence-corrected chi connectivity index (χ0v) is 28.0. The quantitative estimate of drug-likeness (QED) is 0.172. The van der Waals surface area contributed by atoms with Crippen molar-refractivity contribution in [3.8, 4) is 0 Å². The van der Waals surface area contributed by atoms with Gasteiger partial charge < -0.3 is 25.8 Å². The number of sulfonamides is 1. The molecule has 0 saturated carbocycles. The Hall–Kier alpha value is -3.63. The van der Waals surface area contributed by atoms with Crippen LogP contribution in [0, 0.1) is 5.92 Å². The van der Waals surface area contributed by atoms with Gasteiger partial charge in [0, 0.05) is 13.1 Å². The van der Waals surface area contributed by atoms with E-state index in [2.05, 4.69) is 31.0 Å². The van der Waals surface area contributed by atoms with E-state index in [9.17, 15) is 27.9 Å². The van der Waals surface area contributed by atoms with Crippen LogP contribution in [0.25, 0.3) is 10.2 Å². The fourth-order valence-electron chi connectivity index (χ4n) is 5.17. The Kier molecular flexibility index (Phi) is 12.1. The molecule has 0 aliphatic carbocycles. The summed E-state index contributed by atoms with van der Waals surface area (Å²) in [4.78, 5) is 41.8. The van der Waals surface area contributed by atoms with Crippen molar-refractivity contribution in [1.29, 1.82) is 0 Å². The van der Waals surface area contributed by atoms with Crippen LogP contribution in [0.5, 0.6) is 0 Å². The van der Waals surface area contributed by atoms with E-state index in [4.69, 9.17) is 0 Å². The number of aromatic nitrogens is 1. The van der Waals surface area contributed by atoms with Gasteiger partial charge in [0.25, 0.3) is 0 Å². The van der Waals surface area contributed by atoms with Gasteiger partial charge in [0.15, 0.2) is 5.13 Å². The molecule has 15 heteroatoms. The van der Waals surface area contributed by atoms with Crippen LogP contribution in [0.4, 0.5) is 9.93 Å². The first-order valence-electron chi connectivity index (χ1n) is 15.2. The van der Waals surface area contributed by atoms with E-state index in [-0.39, 0.29) is 47.4 Å².